The SMILES string of the molecule is CC1(C)OB(O)c2cc(CCNC(=O)c3ccc(C4=NOC(c5cc(Cl)c(F)c(Cl)c5)(C(F)(F)F)C4)c4cccn34)ccc21. The van der Waals surface area contributed by atoms with Crippen LogP contribution in [0.2, 0.25) is 10.0 Å². The van der Waals surface area contributed by atoms with Gasteiger partial charge >= 0.3 is 13.3 Å². The second-order valence-corrected chi connectivity index (χ2v) is 12.0. The molecule has 0 saturated heterocycles. The van der Waals surface area contributed by atoms with Crippen molar-refractivity contribution in [2.24, 2.45) is 5.16 Å². The number of carbonyl (C=O) groups excluding carboxylic acids is 1. The van der Waals surface area contributed by atoms with Gasteiger partial charge in [0.1, 0.15) is 5.69 Å². The maximum Gasteiger partial charge on any atom is 0.492 e. The van der Waals surface area contributed by atoms with Gasteiger partial charge in [-0.1, -0.05) is 46.6 Å². The van der Waals surface area contributed by atoms with E-state index in [1.54, 1.807) is 22.7 Å². The minimum Gasteiger partial charge on any atom is -0.423 e. The maximum absolute atomic E-state index is 14.5. The first-order valence-corrected chi connectivity index (χ1v) is 14.3. The summed E-state index contributed by atoms with van der Waals surface area (Å²) in [5.74, 6) is -1.43. The highest BCUT2D eigenvalue weighted by molar-refractivity contribution is 6.62. The predicted octanol–water partition coefficient (Wildman–Crippen LogP) is 5.89. The largest absolute Gasteiger partial charge is 0.492 e. The van der Waals surface area contributed by atoms with Gasteiger partial charge in [0.25, 0.3) is 11.5 Å². The molecule has 7 nitrogen and oxygen atoms in total. The number of hydrogen-bond donors (Lipinski definition) is 2. The molecule has 2 N–H and O–H groups in total. The van der Waals surface area contributed by atoms with Gasteiger partial charge in [0.15, 0.2) is 5.82 Å². The van der Waals surface area contributed by atoms with Crippen LogP contribution in [0.4, 0.5) is 17.6 Å². The zero-order valence-corrected chi connectivity index (χ0v) is 24.8. The molecule has 14 heteroatoms. The minimum atomic E-state index is -4.96. The lowest BCUT2D eigenvalue weighted by atomic mass is 9.77. The van der Waals surface area contributed by atoms with E-state index in [9.17, 15) is 27.4 Å². The van der Waals surface area contributed by atoms with E-state index in [1.165, 1.54) is 12.1 Å². The molecule has 4 aromatic rings. The first-order valence-electron chi connectivity index (χ1n) is 13.6. The fourth-order valence-corrected chi connectivity index (χ4v) is 6.23. The highest BCUT2D eigenvalue weighted by atomic mass is 35.5. The first-order chi connectivity index (χ1) is 20.7. The Morgan fingerprint density at radius 1 is 1.14 bits per heavy atom. The fraction of sp³-hybridized carbons (Fsp3) is 0.267. The number of rotatable bonds is 6. The molecular weight excluding hydrogens is 624 g/mol. The van der Waals surface area contributed by atoms with Crippen LogP contribution in [0.25, 0.3) is 5.52 Å². The van der Waals surface area contributed by atoms with Crippen LogP contribution >= 0.6 is 23.2 Å². The van der Waals surface area contributed by atoms with Crippen LogP contribution in [0, 0.1) is 5.82 Å². The van der Waals surface area contributed by atoms with Crippen LogP contribution in [0.3, 0.4) is 0 Å². The molecule has 1 amide bonds. The molecule has 2 aliphatic heterocycles. The Morgan fingerprint density at radius 3 is 2.57 bits per heavy atom. The van der Waals surface area contributed by atoms with Crippen molar-refractivity contribution in [2.75, 3.05) is 6.54 Å². The number of carbonyl (C=O) groups is 1. The average molecular weight is 648 g/mol. The molecule has 0 spiro atoms. The summed E-state index contributed by atoms with van der Waals surface area (Å²) in [6.45, 7) is 4.05. The van der Waals surface area contributed by atoms with Gasteiger partial charge < -0.3 is 24.2 Å². The van der Waals surface area contributed by atoms with Gasteiger partial charge in [-0.05, 0) is 73.3 Å². The Bertz CT molecular complexity index is 1820. The first kappa shape index (κ1) is 30.5. The number of aromatic nitrogens is 1. The third-order valence-corrected chi connectivity index (χ3v) is 8.56. The number of hydrogen-bond acceptors (Lipinski definition) is 5. The summed E-state index contributed by atoms with van der Waals surface area (Å²) in [6, 6.07) is 13.6. The van der Waals surface area contributed by atoms with Crippen LogP contribution in [-0.2, 0) is 27.1 Å². The molecule has 0 bridgehead atoms. The van der Waals surface area contributed by atoms with Crippen molar-refractivity contribution in [3.05, 3.63) is 105 Å². The van der Waals surface area contributed by atoms with E-state index in [4.69, 9.17) is 32.7 Å². The molecule has 2 aromatic carbocycles. The summed E-state index contributed by atoms with van der Waals surface area (Å²) < 4.78 is 64.6. The second-order valence-electron chi connectivity index (χ2n) is 11.2. The van der Waals surface area contributed by atoms with E-state index >= 15 is 0 Å². The average Bonchev–Trinajstić information content (AvgIpc) is 3.68. The summed E-state index contributed by atoms with van der Waals surface area (Å²) in [7, 11) is -1.02. The van der Waals surface area contributed by atoms with E-state index < -0.39 is 58.3 Å². The second kappa shape index (κ2) is 10.8. The van der Waals surface area contributed by atoms with Gasteiger partial charge in [-0.3, -0.25) is 4.79 Å². The van der Waals surface area contributed by atoms with Crippen molar-refractivity contribution in [2.45, 2.75) is 44.1 Å². The monoisotopic (exact) mass is 647 g/mol. The number of halogens is 6. The third-order valence-electron chi connectivity index (χ3n) is 8.01. The van der Waals surface area contributed by atoms with Crippen LogP contribution in [0.5, 0.6) is 0 Å². The quantitative estimate of drug-likeness (QED) is 0.155. The predicted molar refractivity (Wildman–Crippen MR) is 158 cm³/mol. The number of nitrogens with one attached hydrogen (secondary N) is 1. The van der Waals surface area contributed by atoms with Crippen LogP contribution in [0.1, 0.15) is 53.0 Å². The van der Waals surface area contributed by atoms with Crippen molar-refractivity contribution >= 4 is 52.9 Å². The zero-order valence-electron chi connectivity index (χ0n) is 23.3. The molecule has 2 aliphatic rings. The van der Waals surface area contributed by atoms with Gasteiger partial charge in [-0.25, -0.2) is 4.39 Å². The van der Waals surface area contributed by atoms with Crippen molar-refractivity contribution in [3.63, 3.8) is 0 Å². The van der Waals surface area contributed by atoms with Crippen molar-refractivity contribution in [1.82, 2.24) is 9.72 Å². The number of pyridine rings is 1. The van der Waals surface area contributed by atoms with Gasteiger partial charge in [-0.2, -0.15) is 13.2 Å². The van der Waals surface area contributed by atoms with Gasteiger partial charge in [0.05, 0.1) is 33.3 Å². The van der Waals surface area contributed by atoms with E-state index in [0.717, 1.165) is 23.3 Å². The molecule has 2 aromatic heterocycles. The molecule has 6 rings (SSSR count). The Morgan fingerprint density at radius 2 is 1.86 bits per heavy atom. The number of nitrogens with zero attached hydrogens (tertiary/aromatic N) is 2. The summed E-state index contributed by atoms with van der Waals surface area (Å²) in [4.78, 5) is 18.2. The topological polar surface area (TPSA) is 84.6 Å². The minimum absolute atomic E-state index is 0.0273. The smallest absolute Gasteiger partial charge is 0.423 e. The molecule has 0 fully saturated rings. The van der Waals surface area contributed by atoms with Crippen LogP contribution in [0.15, 0.2) is 65.9 Å². The van der Waals surface area contributed by atoms with Crippen molar-refractivity contribution in [1.29, 1.82) is 0 Å². The Kier molecular flexibility index (Phi) is 7.47. The molecule has 0 radical (unpaired) electrons. The van der Waals surface area contributed by atoms with E-state index in [-0.39, 0.29) is 11.4 Å². The molecule has 228 valence electrons. The van der Waals surface area contributed by atoms with Gasteiger partial charge in [-0.15, -0.1) is 0 Å². The van der Waals surface area contributed by atoms with E-state index in [1.807, 2.05) is 32.0 Å². The highest BCUT2D eigenvalue weighted by Gasteiger charge is 2.62. The molecule has 1 atom stereocenters. The highest BCUT2D eigenvalue weighted by Crippen LogP contribution is 2.50. The van der Waals surface area contributed by atoms with E-state index in [0.29, 0.717) is 29.5 Å². The molecule has 0 aliphatic carbocycles. The fourth-order valence-electron chi connectivity index (χ4n) is 5.74. The Labute approximate surface area is 259 Å². The summed E-state index contributed by atoms with van der Waals surface area (Å²) in [5.41, 5.74) is -0.542. The molecular formula is C30H24BCl2F4N3O4. The molecule has 4 heterocycles. The normalized spacial score (nSPS) is 19.2. The van der Waals surface area contributed by atoms with Crippen molar-refractivity contribution in [3.8, 4) is 0 Å². The number of amides is 1. The molecule has 1 unspecified atom stereocenters. The number of oxime groups is 1. The lowest BCUT2D eigenvalue weighted by molar-refractivity contribution is -0.275. The lowest BCUT2D eigenvalue weighted by Crippen LogP contribution is -2.42. The Hall–Kier alpha value is -3.58. The van der Waals surface area contributed by atoms with Crippen LogP contribution < -0.4 is 10.8 Å². The lowest BCUT2D eigenvalue weighted by Gasteiger charge is -2.29. The summed E-state index contributed by atoms with van der Waals surface area (Å²) >= 11 is 11.6. The maximum atomic E-state index is 14.5. The standard InChI is InChI=1S/C30H24BCl2F4N3O4/c1-28(2)19-7-5-16(12-20(19)31(42)43-28)9-10-38-27(41)25-8-6-18(24-4-3-11-40(24)25)23-15-29(44-39-23,30(35,36)37)17-13-21(32)26(34)22(33)14-17/h3-8,11-14,42H,9-10,15H2,1-2H3,(H,38,41). The molecule has 0 saturated carbocycles. The summed E-state index contributed by atoms with van der Waals surface area (Å²) in [5, 5.41) is 15.8. The third kappa shape index (κ3) is 5.03. The zero-order chi connectivity index (χ0) is 31.6. The van der Waals surface area contributed by atoms with Gasteiger partial charge in [0.2, 0.25) is 0 Å². The van der Waals surface area contributed by atoms with Crippen LogP contribution in [-0.4, -0.2) is 40.9 Å². The molecule has 44 heavy (non-hydrogen) atoms. The van der Waals surface area contributed by atoms with E-state index in [2.05, 4.69) is 10.5 Å². The van der Waals surface area contributed by atoms with Crippen molar-refractivity contribution < 1.29 is 36.9 Å². The number of benzene rings is 2. The number of alkyl halides is 3. The summed E-state index contributed by atoms with van der Waals surface area (Å²) in [6.07, 6.45) is -3.59. The van der Waals surface area contributed by atoms with Gasteiger partial charge in [0, 0.05) is 23.9 Å². The number of fused-ring (bicyclic) bond motifs is 2. The Balaban J connectivity index is 1.21.